The Morgan fingerprint density at radius 2 is 0.529 bits per heavy atom. The summed E-state index contributed by atoms with van der Waals surface area (Å²) in [6.07, 6.45) is 12.0. The summed E-state index contributed by atoms with van der Waals surface area (Å²) in [6, 6.07) is 52.1. The van der Waals surface area contributed by atoms with E-state index in [9.17, 15) is 28.8 Å². The highest BCUT2D eigenvalue weighted by Gasteiger charge is 2.28. The Morgan fingerprint density at radius 1 is 0.271 bits per heavy atom. The molecule has 0 fully saturated rings. The fraction of sp³-hybridized carbons (Fsp3) is 0. The van der Waals surface area contributed by atoms with Crippen molar-refractivity contribution in [2.45, 2.75) is 0 Å². The summed E-state index contributed by atoms with van der Waals surface area (Å²) < 4.78 is 0. The molecular weight excluding hydrogens is 873 g/mol. The minimum atomic E-state index is -0.400. The molecule has 12 rings (SSSR count). The van der Waals surface area contributed by atoms with Gasteiger partial charge in [-0.15, -0.1) is 0 Å². The van der Waals surface area contributed by atoms with Gasteiger partial charge in [-0.2, -0.15) is 0 Å². The highest BCUT2D eigenvalue weighted by atomic mass is 16.2. The van der Waals surface area contributed by atoms with Gasteiger partial charge in [-0.05, 0) is 122 Å². The summed E-state index contributed by atoms with van der Waals surface area (Å²) in [5, 5.41) is 11.7. The number of imide groups is 3. The molecule has 6 amide bonds. The van der Waals surface area contributed by atoms with Gasteiger partial charge in [0, 0.05) is 66.6 Å². The molecule has 0 bridgehead atoms. The maximum Gasteiger partial charge on any atom is 0.258 e. The van der Waals surface area contributed by atoms with Crippen LogP contribution in [0.1, 0.15) is 95.5 Å². The van der Waals surface area contributed by atoms with E-state index in [0.29, 0.717) is 49.5 Å². The van der Waals surface area contributed by atoms with Crippen molar-refractivity contribution in [3.05, 3.63) is 231 Å². The normalized spacial score (nSPS) is 14.1. The topological polar surface area (TPSA) is 142 Å². The average Bonchev–Trinajstić information content (AvgIpc) is 3.38. The molecule has 0 aliphatic carbocycles. The monoisotopic (exact) mass is 908 g/mol. The number of anilines is 3. The van der Waals surface area contributed by atoms with Gasteiger partial charge in [0.2, 0.25) is 0 Å². The molecule has 0 aromatic heterocycles. The summed E-state index contributed by atoms with van der Waals surface area (Å²) in [5.74, 6) is -2.40. The number of carbonyl (C=O) groups excluding carboxylic acids is 6. The van der Waals surface area contributed by atoms with Crippen LogP contribution in [0.3, 0.4) is 0 Å². The molecule has 3 aliphatic rings. The third-order valence-electron chi connectivity index (χ3n) is 13.2. The molecule has 0 spiro atoms. The van der Waals surface area contributed by atoms with Crippen LogP contribution in [0, 0.1) is 0 Å². The number of carbonyl (C=O) groups is 6. The van der Waals surface area contributed by atoms with Crippen LogP contribution in [0.15, 0.2) is 164 Å². The summed E-state index contributed by atoms with van der Waals surface area (Å²) in [4.78, 5) is 78.0. The van der Waals surface area contributed by atoms with Crippen molar-refractivity contribution in [3.63, 3.8) is 0 Å². The molecule has 70 heavy (non-hydrogen) atoms. The lowest BCUT2D eigenvalue weighted by Gasteiger charge is -2.26. The zero-order valence-corrected chi connectivity index (χ0v) is 36.9. The number of hydrogen-bond acceptors (Lipinski definition) is 7. The predicted molar refractivity (Wildman–Crippen MR) is 275 cm³/mol. The lowest BCUT2D eigenvalue weighted by Crippen LogP contribution is -2.34. The van der Waals surface area contributed by atoms with Crippen LogP contribution in [0.2, 0.25) is 0 Å². The highest BCUT2D eigenvalue weighted by molar-refractivity contribution is 6.28. The van der Waals surface area contributed by atoms with Gasteiger partial charge in [-0.3, -0.25) is 44.7 Å². The SMILES string of the molecule is O=C1NC(=O)c2ccc(/C=C/c3ccc(N(c4ccc(/C=C/c5ccc6c7c(cccc57)C(=O)NC6=O)cc4)c4ccc(/C=C/c5ccc6c7c(cccc57)C(=O)NC6=O)cc4)cc3)c3cccc1c23. The first-order valence-corrected chi connectivity index (χ1v) is 22.6. The lowest BCUT2D eigenvalue weighted by molar-refractivity contribution is 0.0828. The Morgan fingerprint density at radius 3 is 0.800 bits per heavy atom. The maximum absolute atomic E-state index is 12.6. The molecule has 0 radical (unpaired) electrons. The van der Waals surface area contributed by atoms with Crippen LogP contribution in [-0.2, 0) is 0 Å². The van der Waals surface area contributed by atoms with Crippen LogP contribution in [-0.4, -0.2) is 35.4 Å². The number of benzene rings is 9. The van der Waals surface area contributed by atoms with Gasteiger partial charge >= 0.3 is 0 Å². The lowest BCUT2D eigenvalue weighted by atomic mass is 9.92. The Kier molecular flexibility index (Phi) is 9.82. The van der Waals surface area contributed by atoms with E-state index in [0.717, 1.165) is 66.6 Å². The zero-order valence-electron chi connectivity index (χ0n) is 36.9. The van der Waals surface area contributed by atoms with Crippen LogP contribution < -0.4 is 20.9 Å². The Labute approximate surface area is 399 Å². The number of amides is 6. The summed E-state index contributed by atoms with van der Waals surface area (Å²) >= 11 is 0. The van der Waals surface area contributed by atoms with E-state index in [2.05, 4.69) is 57.2 Å². The maximum atomic E-state index is 12.6. The van der Waals surface area contributed by atoms with Crippen molar-refractivity contribution in [1.29, 1.82) is 0 Å². The van der Waals surface area contributed by atoms with Crippen molar-refractivity contribution in [2.24, 2.45) is 0 Å². The van der Waals surface area contributed by atoms with Crippen molar-refractivity contribution < 1.29 is 28.8 Å². The molecule has 9 aromatic carbocycles. The smallest absolute Gasteiger partial charge is 0.258 e. The molecule has 0 atom stereocenters. The molecule has 0 saturated carbocycles. The van der Waals surface area contributed by atoms with Gasteiger partial charge in [0.05, 0.1) is 0 Å². The second kappa shape index (κ2) is 16.5. The first-order valence-electron chi connectivity index (χ1n) is 22.6. The number of nitrogens with zero attached hydrogens (tertiary/aromatic N) is 1. The number of nitrogens with one attached hydrogen (secondary N) is 3. The van der Waals surface area contributed by atoms with Gasteiger partial charge in [-0.1, -0.05) is 127 Å². The standard InChI is InChI=1S/C60H36N4O6/c65-55-46-7-1-4-43-37(22-31-49(52(43)46)58(68)61-55)19-10-34-13-25-40(26-14-34)64(41-27-15-35(16-28-41)11-20-38-23-32-50-53-44(38)5-2-8-47(53)56(66)62-59(50)69)42-29-17-36(18-30-42)12-21-39-24-33-51-54-45(39)6-3-9-48(54)57(67)63-60(51)70/h1-33H,(H,61,65,68)(H,62,66,69)(H,63,67,70)/b19-10+,20-11+,21-12+. The fourth-order valence-electron chi connectivity index (χ4n) is 9.78. The van der Waals surface area contributed by atoms with E-state index in [-0.39, 0.29) is 0 Å². The largest absolute Gasteiger partial charge is 0.311 e. The summed E-state index contributed by atoms with van der Waals surface area (Å²) in [5.41, 5.74) is 11.1. The molecule has 332 valence electrons. The van der Waals surface area contributed by atoms with E-state index in [1.165, 1.54) is 0 Å². The zero-order chi connectivity index (χ0) is 47.6. The molecule has 10 nitrogen and oxygen atoms in total. The molecule has 9 aromatic rings. The van der Waals surface area contributed by atoms with Gasteiger partial charge in [0.15, 0.2) is 0 Å². The third-order valence-corrected chi connectivity index (χ3v) is 13.2. The van der Waals surface area contributed by atoms with Crippen molar-refractivity contribution in [2.75, 3.05) is 4.90 Å². The molecular formula is C60H36N4O6. The third kappa shape index (κ3) is 7.06. The van der Waals surface area contributed by atoms with Crippen LogP contribution in [0.25, 0.3) is 68.8 Å². The minimum absolute atomic E-state index is 0.400. The number of rotatable bonds is 9. The first kappa shape index (κ1) is 41.6. The molecule has 3 aliphatic heterocycles. The Balaban J connectivity index is 0.863. The second-order valence-electron chi connectivity index (χ2n) is 17.3. The van der Waals surface area contributed by atoms with Crippen molar-refractivity contribution >= 4 is 121 Å². The van der Waals surface area contributed by atoms with E-state index in [1.807, 2.05) is 127 Å². The predicted octanol–water partition coefficient (Wildman–Crippen LogP) is 11.8. The molecule has 0 unspecified atom stereocenters. The van der Waals surface area contributed by atoms with E-state index < -0.39 is 35.4 Å². The molecule has 10 heteroatoms. The van der Waals surface area contributed by atoms with Crippen LogP contribution in [0.4, 0.5) is 17.1 Å². The first-order chi connectivity index (χ1) is 34.2. The molecule has 3 N–H and O–H groups in total. The van der Waals surface area contributed by atoms with Crippen molar-refractivity contribution in [3.8, 4) is 0 Å². The summed E-state index contributed by atoms with van der Waals surface area (Å²) in [7, 11) is 0. The molecule has 0 saturated heterocycles. The summed E-state index contributed by atoms with van der Waals surface area (Å²) in [6.45, 7) is 0. The fourth-order valence-corrected chi connectivity index (χ4v) is 9.78. The van der Waals surface area contributed by atoms with Gasteiger partial charge in [-0.25, -0.2) is 0 Å². The van der Waals surface area contributed by atoms with Crippen molar-refractivity contribution in [1.82, 2.24) is 16.0 Å². The average molecular weight is 909 g/mol. The quantitative estimate of drug-likeness (QED) is 0.0967. The van der Waals surface area contributed by atoms with E-state index in [1.54, 1.807) is 36.4 Å². The second-order valence-corrected chi connectivity index (χ2v) is 17.3. The van der Waals surface area contributed by atoms with Gasteiger partial charge < -0.3 is 4.90 Å². The molecule has 3 heterocycles. The van der Waals surface area contributed by atoms with Gasteiger partial charge in [0.1, 0.15) is 0 Å². The van der Waals surface area contributed by atoms with Gasteiger partial charge in [0.25, 0.3) is 35.4 Å². The number of hydrogen-bond donors (Lipinski definition) is 3. The van der Waals surface area contributed by atoms with Crippen LogP contribution >= 0.6 is 0 Å². The highest BCUT2D eigenvalue weighted by Crippen LogP contribution is 2.37. The Bertz CT molecular complexity index is 3440. The van der Waals surface area contributed by atoms with E-state index in [4.69, 9.17) is 0 Å². The van der Waals surface area contributed by atoms with Crippen LogP contribution in [0.5, 0.6) is 0 Å². The Hall–Kier alpha value is -9.80. The van der Waals surface area contributed by atoms with E-state index >= 15 is 0 Å². The minimum Gasteiger partial charge on any atom is -0.311 e.